The normalized spacial score (nSPS) is 10.5. The van der Waals surface area contributed by atoms with Gasteiger partial charge in [-0.2, -0.15) is 0 Å². The van der Waals surface area contributed by atoms with E-state index in [2.05, 4.69) is 10.3 Å². The highest BCUT2D eigenvalue weighted by atomic mass is 35.5. The van der Waals surface area contributed by atoms with Crippen LogP contribution in [0.3, 0.4) is 0 Å². The number of aliphatic hydroxyl groups is 1. The predicted molar refractivity (Wildman–Crippen MR) is 53.9 cm³/mol. The second-order valence-corrected chi connectivity index (χ2v) is 3.49. The molecule has 0 aromatic carbocycles. The maximum absolute atomic E-state index is 8.90. The van der Waals surface area contributed by atoms with Gasteiger partial charge in [0, 0.05) is 6.04 Å². The maximum atomic E-state index is 8.90. The Morgan fingerprint density at radius 2 is 2.23 bits per heavy atom. The van der Waals surface area contributed by atoms with Crippen LogP contribution < -0.4 is 5.32 Å². The minimum Gasteiger partial charge on any atom is -0.390 e. The number of pyridine rings is 1. The molecule has 0 aliphatic heterocycles. The molecule has 72 valence electrons. The SMILES string of the molecule is CC(C)Nc1ccc(Cl)c(CO)n1. The Labute approximate surface area is 82.8 Å². The minimum absolute atomic E-state index is 0.132. The van der Waals surface area contributed by atoms with Crippen molar-refractivity contribution in [3.63, 3.8) is 0 Å². The van der Waals surface area contributed by atoms with Crippen molar-refractivity contribution in [3.05, 3.63) is 22.8 Å². The molecule has 1 aromatic rings. The molecule has 1 heterocycles. The Bertz CT molecular complexity index is 289. The van der Waals surface area contributed by atoms with E-state index in [1.807, 2.05) is 13.8 Å². The largest absolute Gasteiger partial charge is 0.390 e. The van der Waals surface area contributed by atoms with Gasteiger partial charge in [-0.1, -0.05) is 11.6 Å². The van der Waals surface area contributed by atoms with Gasteiger partial charge in [-0.15, -0.1) is 0 Å². The molecule has 0 atom stereocenters. The van der Waals surface area contributed by atoms with E-state index in [-0.39, 0.29) is 6.61 Å². The van der Waals surface area contributed by atoms with E-state index in [9.17, 15) is 0 Å². The van der Waals surface area contributed by atoms with Crippen LogP contribution in [0.25, 0.3) is 0 Å². The molecule has 13 heavy (non-hydrogen) atoms. The zero-order chi connectivity index (χ0) is 9.84. The first-order valence-corrected chi connectivity index (χ1v) is 4.54. The van der Waals surface area contributed by atoms with E-state index in [0.717, 1.165) is 5.82 Å². The Balaban J connectivity index is 2.86. The smallest absolute Gasteiger partial charge is 0.126 e. The molecule has 0 amide bonds. The molecular weight excluding hydrogens is 188 g/mol. The van der Waals surface area contributed by atoms with Gasteiger partial charge >= 0.3 is 0 Å². The molecule has 0 saturated heterocycles. The van der Waals surface area contributed by atoms with Gasteiger partial charge in [0.2, 0.25) is 0 Å². The first kappa shape index (κ1) is 10.3. The summed E-state index contributed by atoms with van der Waals surface area (Å²) in [5.74, 6) is 0.739. The van der Waals surface area contributed by atoms with Crippen molar-refractivity contribution in [1.29, 1.82) is 0 Å². The van der Waals surface area contributed by atoms with Crippen molar-refractivity contribution in [1.82, 2.24) is 4.98 Å². The topological polar surface area (TPSA) is 45.1 Å². The number of rotatable bonds is 3. The first-order chi connectivity index (χ1) is 6.13. The van der Waals surface area contributed by atoms with E-state index >= 15 is 0 Å². The molecule has 3 nitrogen and oxygen atoms in total. The highest BCUT2D eigenvalue weighted by Crippen LogP contribution is 2.16. The molecule has 0 bridgehead atoms. The molecule has 1 rings (SSSR count). The zero-order valence-corrected chi connectivity index (χ0v) is 8.47. The van der Waals surface area contributed by atoms with Crippen LogP contribution >= 0.6 is 11.6 Å². The van der Waals surface area contributed by atoms with Gasteiger partial charge in [-0.3, -0.25) is 0 Å². The fourth-order valence-electron chi connectivity index (χ4n) is 0.971. The van der Waals surface area contributed by atoms with Gasteiger partial charge in [-0.25, -0.2) is 4.98 Å². The summed E-state index contributed by atoms with van der Waals surface area (Å²) in [5, 5.41) is 12.5. The number of aliphatic hydroxyl groups excluding tert-OH is 1. The number of hydrogen-bond donors (Lipinski definition) is 2. The predicted octanol–water partition coefficient (Wildman–Crippen LogP) is 2.05. The van der Waals surface area contributed by atoms with Crippen LogP contribution in [-0.2, 0) is 6.61 Å². The third-order valence-electron chi connectivity index (χ3n) is 1.50. The highest BCUT2D eigenvalue weighted by Gasteiger charge is 2.02. The molecular formula is C9H13ClN2O. The zero-order valence-electron chi connectivity index (χ0n) is 7.71. The van der Waals surface area contributed by atoms with Crippen molar-refractivity contribution in [2.24, 2.45) is 0 Å². The Hall–Kier alpha value is -0.800. The van der Waals surface area contributed by atoms with Gasteiger partial charge in [0.25, 0.3) is 0 Å². The standard InChI is InChI=1S/C9H13ClN2O/c1-6(2)11-9-4-3-7(10)8(5-13)12-9/h3-4,6,13H,5H2,1-2H3,(H,11,12). The van der Waals surface area contributed by atoms with Crippen LogP contribution in [0.2, 0.25) is 5.02 Å². The average Bonchev–Trinajstić information content (AvgIpc) is 2.07. The molecule has 2 N–H and O–H groups in total. The van der Waals surface area contributed by atoms with Crippen molar-refractivity contribution in [3.8, 4) is 0 Å². The summed E-state index contributed by atoms with van der Waals surface area (Å²) >= 11 is 5.78. The third-order valence-corrected chi connectivity index (χ3v) is 1.85. The van der Waals surface area contributed by atoms with E-state index in [1.54, 1.807) is 12.1 Å². The lowest BCUT2D eigenvalue weighted by Crippen LogP contribution is -2.11. The lowest BCUT2D eigenvalue weighted by atomic mass is 10.3. The molecule has 1 aromatic heterocycles. The lowest BCUT2D eigenvalue weighted by molar-refractivity contribution is 0.277. The number of nitrogens with one attached hydrogen (secondary N) is 1. The van der Waals surface area contributed by atoms with E-state index in [1.165, 1.54) is 0 Å². The Morgan fingerprint density at radius 3 is 2.77 bits per heavy atom. The quantitative estimate of drug-likeness (QED) is 0.785. The minimum atomic E-state index is -0.132. The molecule has 0 aliphatic carbocycles. The van der Waals surface area contributed by atoms with Crippen molar-refractivity contribution >= 4 is 17.4 Å². The van der Waals surface area contributed by atoms with Gasteiger partial charge in [0.1, 0.15) is 5.82 Å². The van der Waals surface area contributed by atoms with E-state index in [0.29, 0.717) is 16.8 Å². The Kier molecular flexibility index (Phi) is 3.51. The molecule has 0 saturated carbocycles. The van der Waals surface area contributed by atoms with Crippen LogP contribution in [0.1, 0.15) is 19.5 Å². The van der Waals surface area contributed by atoms with Crippen molar-refractivity contribution in [2.75, 3.05) is 5.32 Å². The fraction of sp³-hybridized carbons (Fsp3) is 0.444. The van der Waals surface area contributed by atoms with Gasteiger partial charge in [0.05, 0.1) is 17.3 Å². The highest BCUT2D eigenvalue weighted by molar-refractivity contribution is 6.31. The Morgan fingerprint density at radius 1 is 1.54 bits per heavy atom. The van der Waals surface area contributed by atoms with Gasteiger partial charge in [-0.05, 0) is 26.0 Å². The summed E-state index contributed by atoms with van der Waals surface area (Å²) in [6, 6.07) is 3.84. The summed E-state index contributed by atoms with van der Waals surface area (Å²) in [6.45, 7) is 3.91. The van der Waals surface area contributed by atoms with Gasteiger partial charge in [0.15, 0.2) is 0 Å². The second-order valence-electron chi connectivity index (χ2n) is 3.08. The van der Waals surface area contributed by atoms with Crippen LogP contribution in [-0.4, -0.2) is 16.1 Å². The average molecular weight is 201 g/mol. The van der Waals surface area contributed by atoms with Gasteiger partial charge < -0.3 is 10.4 Å². The van der Waals surface area contributed by atoms with Crippen LogP contribution in [0, 0.1) is 0 Å². The number of hydrogen-bond acceptors (Lipinski definition) is 3. The van der Waals surface area contributed by atoms with Crippen LogP contribution in [0.5, 0.6) is 0 Å². The van der Waals surface area contributed by atoms with E-state index < -0.39 is 0 Å². The summed E-state index contributed by atoms with van der Waals surface area (Å²) < 4.78 is 0. The fourth-order valence-corrected chi connectivity index (χ4v) is 1.14. The summed E-state index contributed by atoms with van der Waals surface area (Å²) in [6.07, 6.45) is 0. The number of anilines is 1. The first-order valence-electron chi connectivity index (χ1n) is 4.16. The molecule has 4 heteroatoms. The third kappa shape index (κ3) is 2.86. The van der Waals surface area contributed by atoms with Crippen LogP contribution in [0.15, 0.2) is 12.1 Å². The number of aromatic nitrogens is 1. The second kappa shape index (κ2) is 4.44. The monoisotopic (exact) mass is 200 g/mol. The number of nitrogens with zero attached hydrogens (tertiary/aromatic N) is 1. The summed E-state index contributed by atoms with van der Waals surface area (Å²) in [7, 11) is 0. The van der Waals surface area contributed by atoms with Crippen molar-refractivity contribution in [2.45, 2.75) is 26.5 Å². The molecule has 0 radical (unpaired) electrons. The lowest BCUT2D eigenvalue weighted by Gasteiger charge is -2.10. The molecule has 0 spiro atoms. The summed E-state index contributed by atoms with van der Waals surface area (Å²) in [5.41, 5.74) is 0.507. The maximum Gasteiger partial charge on any atom is 0.126 e. The van der Waals surface area contributed by atoms with Crippen molar-refractivity contribution < 1.29 is 5.11 Å². The molecule has 0 aliphatic rings. The van der Waals surface area contributed by atoms with Crippen LogP contribution in [0.4, 0.5) is 5.82 Å². The summed E-state index contributed by atoms with van der Waals surface area (Å²) in [4.78, 5) is 4.14. The molecule has 0 fully saturated rings. The van der Waals surface area contributed by atoms with E-state index in [4.69, 9.17) is 16.7 Å². The number of halogens is 1. The molecule has 0 unspecified atom stereocenters.